The van der Waals surface area contributed by atoms with Crippen molar-refractivity contribution >= 4 is 56.8 Å². The van der Waals surface area contributed by atoms with Gasteiger partial charge in [-0.15, -0.1) is 0 Å². The molecule has 0 fully saturated rings. The maximum absolute atomic E-state index is 13.0. The first kappa shape index (κ1) is 20.8. The zero-order chi connectivity index (χ0) is 22.6. The van der Waals surface area contributed by atoms with E-state index in [-0.39, 0.29) is 12.2 Å². The number of nitrogens with zero attached hydrogens (tertiary/aromatic N) is 1. The van der Waals surface area contributed by atoms with Crippen LogP contribution in [0, 0.1) is 0 Å². The molecule has 1 aliphatic rings. The Labute approximate surface area is 193 Å². The first-order valence-corrected chi connectivity index (χ1v) is 10.8. The molecule has 0 atom stereocenters. The van der Waals surface area contributed by atoms with Gasteiger partial charge >= 0.3 is 0 Å². The zero-order valence-corrected chi connectivity index (χ0v) is 18.5. The van der Waals surface area contributed by atoms with Crippen LogP contribution in [-0.4, -0.2) is 35.2 Å². The molecule has 32 heavy (non-hydrogen) atoms. The van der Waals surface area contributed by atoms with E-state index in [1.54, 1.807) is 25.3 Å². The largest absolute Gasteiger partial charge is 0.497 e. The van der Waals surface area contributed by atoms with Gasteiger partial charge in [0.2, 0.25) is 0 Å². The van der Waals surface area contributed by atoms with Crippen molar-refractivity contribution in [2.75, 3.05) is 13.7 Å². The molecule has 2 heterocycles. The summed E-state index contributed by atoms with van der Waals surface area (Å²) in [5.74, 6) is -0.323. The Morgan fingerprint density at radius 3 is 2.38 bits per heavy atom. The zero-order valence-electron chi connectivity index (χ0n) is 17.0. The Bertz CT molecular complexity index is 1420. The van der Waals surface area contributed by atoms with Crippen molar-refractivity contribution in [2.24, 2.45) is 0 Å². The van der Waals surface area contributed by atoms with Gasteiger partial charge in [-0.1, -0.05) is 29.3 Å². The molecule has 1 aromatic heterocycles. The highest BCUT2D eigenvalue weighted by atomic mass is 35.5. The minimum Gasteiger partial charge on any atom is -0.497 e. The van der Waals surface area contributed by atoms with E-state index in [2.05, 4.69) is 5.32 Å². The van der Waals surface area contributed by atoms with Crippen molar-refractivity contribution < 1.29 is 19.4 Å². The van der Waals surface area contributed by atoms with E-state index in [4.69, 9.17) is 27.9 Å². The monoisotopic (exact) mass is 468 g/mol. The van der Waals surface area contributed by atoms with Gasteiger partial charge in [0.25, 0.3) is 11.8 Å². The molecule has 5 rings (SSSR count). The summed E-state index contributed by atoms with van der Waals surface area (Å²) in [6.45, 7) is 0.539. The van der Waals surface area contributed by atoms with Gasteiger partial charge in [-0.3, -0.25) is 14.9 Å². The smallest absolute Gasteiger partial charge is 0.259 e. The van der Waals surface area contributed by atoms with Gasteiger partial charge in [0, 0.05) is 50.6 Å². The summed E-state index contributed by atoms with van der Waals surface area (Å²) < 4.78 is 7.43. The molecule has 0 radical (unpaired) electrons. The minimum atomic E-state index is -0.489. The molecule has 2 N–H and O–H groups in total. The second-order valence-corrected chi connectivity index (χ2v) is 8.37. The average Bonchev–Trinajstić information content (AvgIpc) is 3.24. The molecule has 0 spiro atoms. The predicted molar refractivity (Wildman–Crippen MR) is 125 cm³/mol. The number of aliphatic hydroxyl groups excluding tert-OH is 1. The fourth-order valence-corrected chi connectivity index (χ4v) is 5.08. The van der Waals surface area contributed by atoms with Crippen LogP contribution >= 0.6 is 23.2 Å². The van der Waals surface area contributed by atoms with Crippen molar-refractivity contribution in [2.45, 2.75) is 13.0 Å². The first-order chi connectivity index (χ1) is 15.5. The maximum Gasteiger partial charge on any atom is 0.259 e. The standard InChI is InChI=1S/C24H18Cl2N2O4/c1-32-12-6-7-17-13(10-12)20-18(28(17)8-3-9-29)11-14(19-15(25)4-2-5-16(19)26)21-22(20)24(31)27-23(21)30/h2,4-7,10-11,29H,3,8-9H2,1H3,(H,27,30,31). The second kappa shape index (κ2) is 7.81. The molecule has 2 amide bonds. The topological polar surface area (TPSA) is 80.6 Å². The van der Waals surface area contributed by atoms with E-state index in [1.165, 1.54) is 0 Å². The molecular formula is C24H18Cl2N2O4. The number of aromatic nitrogens is 1. The van der Waals surface area contributed by atoms with Crippen LogP contribution < -0.4 is 10.1 Å². The van der Waals surface area contributed by atoms with Gasteiger partial charge in [0.1, 0.15) is 5.75 Å². The molecule has 8 heteroatoms. The van der Waals surface area contributed by atoms with Crippen LogP contribution in [-0.2, 0) is 6.54 Å². The van der Waals surface area contributed by atoms with Crippen molar-refractivity contribution in [1.82, 2.24) is 9.88 Å². The van der Waals surface area contributed by atoms with E-state index < -0.39 is 11.8 Å². The number of halogens is 2. The van der Waals surface area contributed by atoms with Gasteiger partial charge < -0.3 is 14.4 Å². The number of nitrogens with one attached hydrogen (secondary N) is 1. The normalized spacial score (nSPS) is 13.1. The molecule has 162 valence electrons. The predicted octanol–water partition coefficient (Wildman–Crippen LogP) is 5.04. The van der Waals surface area contributed by atoms with E-state index in [1.807, 2.05) is 28.8 Å². The second-order valence-electron chi connectivity index (χ2n) is 7.56. The number of hydrogen-bond donors (Lipinski definition) is 2. The van der Waals surface area contributed by atoms with Crippen molar-refractivity contribution in [1.29, 1.82) is 0 Å². The quantitative estimate of drug-likeness (QED) is 0.402. The number of imide groups is 1. The van der Waals surface area contributed by atoms with Crippen LogP contribution in [0.1, 0.15) is 27.1 Å². The van der Waals surface area contributed by atoms with E-state index in [0.29, 0.717) is 50.8 Å². The van der Waals surface area contributed by atoms with Crippen LogP contribution in [0.15, 0.2) is 42.5 Å². The highest BCUT2D eigenvalue weighted by Crippen LogP contribution is 2.44. The summed E-state index contributed by atoms with van der Waals surface area (Å²) >= 11 is 13.0. The number of ether oxygens (including phenoxy) is 1. The van der Waals surface area contributed by atoms with Crippen molar-refractivity contribution in [3.05, 3.63) is 63.6 Å². The number of carbonyl (C=O) groups excluding carboxylic acids is 2. The molecule has 4 aromatic rings. The number of methoxy groups -OCH3 is 1. The highest BCUT2D eigenvalue weighted by molar-refractivity contribution is 6.41. The molecular weight excluding hydrogens is 451 g/mol. The molecule has 6 nitrogen and oxygen atoms in total. The third kappa shape index (κ3) is 2.98. The summed E-state index contributed by atoms with van der Waals surface area (Å²) in [6.07, 6.45) is 0.523. The van der Waals surface area contributed by atoms with Gasteiger partial charge in [0.15, 0.2) is 0 Å². The number of aliphatic hydroxyl groups is 1. The molecule has 0 aliphatic carbocycles. The summed E-state index contributed by atoms with van der Waals surface area (Å²) in [6, 6.07) is 12.6. The SMILES string of the molecule is COc1ccc2c(c1)c1c3c(c(-c4c(Cl)cccc4Cl)cc1n2CCCO)C(=O)NC3=O. The number of hydrogen-bond acceptors (Lipinski definition) is 4. The minimum absolute atomic E-state index is 0.0183. The fraction of sp³-hybridized carbons (Fsp3) is 0.167. The summed E-state index contributed by atoms with van der Waals surface area (Å²) in [4.78, 5) is 25.9. The van der Waals surface area contributed by atoms with Crippen LogP contribution in [0.4, 0.5) is 0 Å². The first-order valence-electron chi connectivity index (χ1n) is 10.0. The number of aryl methyl sites for hydroxylation is 1. The van der Waals surface area contributed by atoms with Crippen LogP contribution in [0.2, 0.25) is 10.0 Å². The third-order valence-corrected chi connectivity index (χ3v) is 6.44. The Kier molecular flexibility index (Phi) is 5.08. The lowest BCUT2D eigenvalue weighted by atomic mass is 9.92. The highest BCUT2D eigenvalue weighted by Gasteiger charge is 2.35. The number of carbonyl (C=O) groups is 2. The van der Waals surface area contributed by atoms with Crippen molar-refractivity contribution in [3.8, 4) is 16.9 Å². The lowest BCUT2D eigenvalue weighted by Gasteiger charge is -2.13. The number of amides is 2. The maximum atomic E-state index is 13.0. The van der Waals surface area contributed by atoms with E-state index >= 15 is 0 Å². The summed E-state index contributed by atoms with van der Waals surface area (Å²) in [7, 11) is 1.57. The summed E-state index contributed by atoms with van der Waals surface area (Å²) in [5, 5.41) is 14.1. The van der Waals surface area contributed by atoms with Crippen LogP contribution in [0.3, 0.4) is 0 Å². The molecule has 0 bridgehead atoms. The Balaban J connectivity index is 1.99. The van der Waals surface area contributed by atoms with Gasteiger partial charge in [0.05, 0.1) is 23.8 Å². The summed E-state index contributed by atoms with van der Waals surface area (Å²) in [5.41, 5.74) is 3.14. The van der Waals surface area contributed by atoms with Crippen molar-refractivity contribution in [3.63, 3.8) is 0 Å². The van der Waals surface area contributed by atoms with E-state index in [0.717, 1.165) is 16.4 Å². The molecule has 0 saturated heterocycles. The Morgan fingerprint density at radius 2 is 1.69 bits per heavy atom. The Hall–Kier alpha value is -3.06. The number of benzene rings is 3. The number of rotatable bonds is 5. The Morgan fingerprint density at radius 1 is 0.969 bits per heavy atom. The van der Waals surface area contributed by atoms with Gasteiger partial charge in [-0.25, -0.2) is 0 Å². The molecule has 0 unspecified atom stereocenters. The number of fused-ring (bicyclic) bond motifs is 5. The average molecular weight is 469 g/mol. The van der Waals surface area contributed by atoms with E-state index in [9.17, 15) is 14.7 Å². The lowest BCUT2D eigenvalue weighted by molar-refractivity contribution is 0.0880. The fourth-order valence-electron chi connectivity index (χ4n) is 4.47. The lowest BCUT2D eigenvalue weighted by Crippen LogP contribution is -2.20. The van der Waals surface area contributed by atoms with Gasteiger partial charge in [-0.2, -0.15) is 0 Å². The van der Waals surface area contributed by atoms with Gasteiger partial charge in [-0.05, 0) is 42.8 Å². The van der Waals surface area contributed by atoms with Crippen LogP contribution in [0.5, 0.6) is 5.75 Å². The third-order valence-electron chi connectivity index (χ3n) is 5.81. The van der Waals surface area contributed by atoms with Crippen LogP contribution in [0.25, 0.3) is 32.9 Å². The molecule has 1 aliphatic heterocycles. The molecule has 3 aromatic carbocycles. The molecule has 0 saturated carbocycles.